The van der Waals surface area contributed by atoms with Crippen LogP contribution in [0.3, 0.4) is 0 Å². The monoisotopic (exact) mass is 628 g/mol. The van der Waals surface area contributed by atoms with Crippen LogP contribution in [0, 0.1) is 11.8 Å². The van der Waals surface area contributed by atoms with Gasteiger partial charge in [-0.05, 0) is 76.1 Å². The third-order valence-electron chi connectivity index (χ3n) is 14.5. The third kappa shape index (κ3) is 2.54. The van der Waals surface area contributed by atoms with Gasteiger partial charge in [0, 0.05) is 57.0 Å². The van der Waals surface area contributed by atoms with Crippen LogP contribution in [-0.2, 0) is 33.1 Å². The van der Waals surface area contributed by atoms with E-state index in [4.69, 9.17) is 18.9 Å². The predicted molar refractivity (Wildman–Crippen MR) is 158 cm³/mol. The van der Waals surface area contributed by atoms with E-state index in [1.54, 1.807) is 12.1 Å². The van der Waals surface area contributed by atoms with Crippen LogP contribution in [0.4, 0.5) is 0 Å². The van der Waals surface area contributed by atoms with Crippen molar-refractivity contribution in [3.8, 4) is 23.0 Å². The number of carbonyl (C=O) groups is 1. The van der Waals surface area contributed by atoms with Crippen LogP contribution in [0.5, 0.6) is 23.0 Å². The number of hydrogen-bond acceptors (Lipinski definition) is 11. The number of phenolic OH excluding ortho intramolecular Hbond substituents is 2. The Hall–Kier alpha value is -2.93. The smallest absolute Gasteiger partial charge is 0.193 e. The topological polar surface area (TPSA) is 148 Å². The van der Waals surface area contributed by atoms with Gasteiger partial charge in [-0.2, -0.15) is 0 Å². The fourth-order valence-corrected chi connectivity index (χ4v) is 12.7. The highest BCUT2D eigenvalue weighted by Crippen LogP contribution is 2.69. The second-order valence-corrected chi connectivity index (χ2v) is 15.9. The second kappa shape index (κ2) is 7.69. The van der Waals surface area contributed by atoms with Crippen molar-refractivity contribution >= 4 is 5.78 Å². The summed E-state index contributed by atoms with van der Waals surface area (Å²) in [6.45, 7) is 1.64. The van der Waals surface area contributed by atoms with Gasteiger partial charge in [0.2, 0.25) is 0 Å². The minimum Gasteiger partial charge on any atom is -0.504 e. The number of carbonyl (C=O) groups excluding carboxylic acids is 1. The largest absolute Gasteiger partial charge is 0.504 e. The molecule has 240 valence electrons. The van der Waals surface area contributed by atoms with Crippen molar-refractivity contribution in [2.45, 2.75) is 97.4 Å². The van der Waals surface area contributed by atoms with E-state index < -0.39 is 35.2 Å². The molecule has 0 radical (unpaired) electrons. The summed E-state index contributed by atoms with van der Waals surface area (Å²) >= 11 is 0. The minimum absolute atomic E-state index is 0.0706. The first-order valence-corrected chi connectivity index (χ1v) is 16.9. The number of rotatable bonds is 2. The summed E-state index contributed by atoms with van der Waals surface area (Å²) in [7, 11) is 4.24. The maximum absolute atomic E-state index is 15.1. The molecule has 4 unspecified atom stereocenters. The number of epoxide rings is 2. The van der Waals surface area contributed by atoms with Gasteiger partial charge in [0.15, 0.2) is 28.8 Å². The summed E-state index contributed by atoms with van der Waals surface area (Å²) in [5.41, 5.74) is 3.22. The van der Waals surface area contributed by atoms with E-state index in [9.17, 15) is 20.4 Å². The zero-order valence-corrected chi connectivity index (χ0v) is 25.6. The lowest BCUT2D eigenvalue weighted by Gasteiger charge is -2.57. The van der Waals surface area contributed by atoms with Crippen LogP contribution in [-0.4, -0.2) is 124 Å². The molecule has 4 aliphatic carbocycles. The minimum atomic E-state index is -0.808. The van der Waals surface area contributed by atoms with E-state index in [0.717, 1.165) is 48.2 Å². The molecule has 2 aromatic rings. The second-order valence-electron chi connectivity index (χ2n) is 15.9. The number of piperidine rings is 2. The van der Waals surface area contributed by atoms with E-state index >= 15 is 4.79 Å². The fourth-order valence-electron chi connectivity index (χ4n) is 12.7. The molecule has 6 fully saturated rings. The molecule has 10 aliphatic rings. The Morgan fingerprint density at radius 1 is 0.739 bits per heavy atom. The van der Waals surface area contributed by atoms with Crippen molar-refractivity contribution in [3.63, 3.8) is 0 Å². The van der Waals surface area contributed by atoms with Crippen molar-refractivity contribution in [2.75, 3.05) is 27.2 Å². The van der Waals surface area contributed by atoms with Crippen LogP contribution >= 0.6 is 0 Å². The van der Waals surface area contributed by atoms with E-state index in [1.165, 1.54) is 0 Å². The van der Waals surface area contributed by atoms with E-state index in [-0.39, 0.29) is 65.6 Å². The molecule has 0 amide bonds. The molecule has 14 atom stereocenters. The Morgan fingerprint density at radius 2 is 1.17 bits per heavy atom. The van der Waals surface area contributed by atoms with Gasteiger partial charge in [-0.25, -0.2) is 0 Å². The van der Waals surface area contributed by atoms with Crippen LogP contribution < -0.4 is 9.47 Å². The van der Waals surface area contributed by atoms with E-state index in [1.807, 2.05) is 0 Å². The molecule has 2 saturated carbocycles. The van der Waals surface area contributed by atoms with Gasteiger partial charge in [0.05, 0.1) is 12.2 Å². The van der Waals surface area contributed by atoms with Crippen molar-refractivity contribution in [3.05, 3.63) is 45.5 Å². The molecule has 11 heteroatoms. The molecule has 6 aliphatic heterocycles. The molecule has 12 rings (SSSR count). The van der Waals surface area contributed by atoms with E-state index in [2.05, 4.69) is 23.9 Å². The summed E-state index contributed by atoms with van der Waals surface area (Å²) in [5.74, 6) is 0.564. The lowest BCUT2D eigenvalue weighted by Crippen LogP contribution is -2.69. The maximum atomic E-state index is 15.1. The van der Waals surface area contributed by atoms with Crippen LogP contribution in [0.2, 0.25) is 0 Å². The molecule has 6 heterocycles. The van der Waals surface area contributed by atoms with Gasteiger partial charge in [-0.1, -0.05) is 0 Å². The molecule has 2 aromatic carbocycles. The predicted octanol–water partition coefficient (Wildman–Crippen LogP) is 0.363. The number of aliphatic hydroxyl groups excluding tert-OH is 2. The molecule has 2 spiro atoms. The number of nitrogens with zero attached hydrogens (tertiary/aromatic N) is 2. The quantitative estimate of drug-likeness (QED) is 0.270. The third-order valence-corrected chi connectivity index (χ3v) is 14.5. The Morgan fingerprint density at radius 3 is 1.61 bits per heavy atom. The Balaban J connectivity index is 1.07. The Kier molecular flexibility index (Phi) is 4.36. The summed E-state index contributed by atoms with van der Waals surface area (Å²) in [6.07, 6.45) is -0.680. The maximum Gasteiger partial charge on any atom is 0.193 e. The standard InChI is InChI=1S/C35H36N2O9/c1-36-5-3-34-19-11-7-15(36)21(34)28-30(43-28)24(41)32(34)45-26(19)17(38)9-13(11)23(40)14-10-18(39)27-20-12(14)8-16-22-29-31(44-29)25(42)33(46-27)35(20,22)4-6-37(16)2/h9-10,15-16,21-22,24-25,28-33,38-39,41-42H,3-8H2,1-2H3/t15-,16-,21-,22-,24+,25+,28?,29?,30?,31?,32+,33+,34-,35-/m1/s1. The number of ketones is 1. The van der Waals surface area contributed by atoms with Crippen LogP contribution in [0.1, 0.15) is 51.0 Å². The Bertz CT molecular complexity index is 1720. The van der Waals surface area contributed by atoms with Crippen molar-refractivity contribution < 1.29 is 44.2 Å². The first-order chi connectivity index (χ1) is 22.2. The van der Waals surface area contributed by atoms with Crippen LogP contribution in [0.15, 0.2) is 12.1 Å². The molecular formula is C35H36N2O9. The normalized spacial score (nSPS) is 48.8. The fraction of sp³-hybridized carbons (Fsp3) is 0.629. The van der Waals surface area contributed by atoms with Gasteiger partial charge >= 0.3 is 0 Å². The van der Waals surface area contributed by atoms with Crippen molar-refractivity contribution in [2.24, 2.45) is 11.8 Å². The van der Waals surface area contributed by atoms with Gasteiger partial charge < -0.3 is 49.2 Å². The zero-order chi connectivity index (χ0) is 30.9. The van der Waals surface area contributed by atoms with Gasteiger partial charge in [-0.3, -0.25) is 4.79 Å². The van der Waals surface area contributed by atoms with Gasteiger partial charge in [0.25, 0.3) is 0 Å². The number of aliphatic hydroxyl groups is 2. The highest BCUT2D eigenvalue weighted by Gasteiger charge is 2.77. The number of hydrogen-bond donors (Lipinski definition) is 4. The molecule has 46 heavy (non-hydrogen) atoms. The summed E-state index contributed by atoms with van der Waals surface area (Å²) in [5, 5.41) is 45.7. The summed E-state index contributed by atoms with van der Waals surface area (Å²) in [6, 6.07) is 3.29. The average molecular weight is 629 g/mol. The number of fused-ring (bicyclic) bond motifs is 2. The first-order valence-electron chi connectivity index (χ1n) is 16.9. The molecular weight excluding hydrogens is 592 g/mol. The Labute approximate surface area is 264 Å². The molecule has 4 N–H and O–H groups in total. The molecule has 0 aromatic heterocycles. The zero-order valence-electron chi connectivity index (χ0n) is 25.6. The number of phenols is 2. The number of aromatic hydroxyl groups is 2. The molecule has 4 bridgehead atoms. The number of likely N-dealkylation sites (N-methyl/N-ethyl adjacent to an activating group) is 2. The lowest BCUT2D eigenvalue weighted by molar-refractivity contribution is -0.0838. The van der Waals surface area contributed by atoms with E-state index in [0.29, 0.717) is 35.5 Å². The number of benzene rings is 2. The van der Waals surface area contributed by atoms with Crippen LogP contribution in [0.25, 0.3) is 0 Å². The van der Waals surface area contributed by atoms with Crippen molar-refractivity contribution in [1.82, 2.24) is 9.80 Å². The summed E-state index contributed by atoms with van der Waals surface area (Å²) in [4.78, 5) is 19.8. The highest BCUT2D eigenvalue weighted by atomic mass is 16.6. The SMILES string of the molecule is CN1CC[C@]23c4c5c(C(=O)c6cc(O)c7c8c6C[C@@H]6[C@@H]9C%10OC%10[C@H](O)[C@H](O7)[C@]89CCN6C)cc(O)c4O[C@H]2[C@@H](O)C2OC2[C@H]3[C@H]1C5. The van der Waals surface area contributed by atoms with Gasteiger partial charge in [-0.15, -0.1) is 0 Å². The average Bonchev–Trinajstić information content (AvgIpc) is 3.95. The van der Waals surface area contributed by atoms with Crippen molar-refractivity contribution in [1.29, 1.82) is 0 Å². The lowest BCUT2D eigenvalue weighted by atomic mass is 9.50. The molecule has 4 saturated heterocycles. The first kappa shape index (κ1) is 26.1. The molecule has 11 nitrogen and oxygen atoms in total. The number of ether oxygens (including phenoxy) is 4. The number of likely N-dealkylation sites (tertiary alicyclic amines) is 2. The summed E-state index contributed by atoms with van der Waals surface area (Å²) < 4.78 is 25.1. The highest BCUT2D eigenvalue weighted by molar-refractivity contribution is 6.12. The van der Waals surface area contributed by atoms with Gasteiger partial charge in [0.1, 0.15) is 36.6 Å².